The van der Waals surface area contributed by atoms with Gasteiger partial charge in [0.25, 0.3) is 11.8 Å². The predicted octanol–water partition coefficient (Wildman–Crippen LogP) is 4.69. The number of hydrogen-bond donors (Lipinski definition) is 3. The molecule has 6 atom stereocenters. The van der Waals surface area contributed by atoms with Crippen LogP contribution >= 0.6 is 23.2 Å². The first-order valence-electron chi connectivity index (χ1n) is 16.1. The van der Waals surface area contributed by atoms with E-state index in [4.69, 9.17) is 23.2 Å². The number of halogens is 7. The van der Waals surface area contributed by atoms with Crippen molar-refractivity contribution in [1.29, 1.82) is 0 Å². The summed E-state index contributed by atoms with van der Waals surface area (Å²) >= 11 is 14.5. The number of aromatic hydroxyl groups is 1. The molecule has 6 unspecified atom stereocenters. The SMILES string of the molecule is O=C1C2CC=C3C(CC4(Cl)C(=O)N(c5c(F)c(F)c(F)c(F)c5F)C(=O)C4(Cl)C3c3ccc(O)c4ccccc34)C2C(=O)N1c1cccc(B(O)O)c1. The maximum atomic E-state index is 15.3. The van der Waals surface area contributed by atoms with Crippen molar-refractivity contribution in [3.8, 4) is 5.75 Å². The van der Waals surface area contributed by atoms with Crippen molar-refractivity contribution in [2.75, 3.05) is 9.80 Å². The fraction of sp³-hybridized carbons (Fsp3) is 0.222. The fourth-order valence-electron chi connectivity index (χ4n) is 8.55. The zero-order chi connectivity index (χ0) is 38.0. The molecular weight excluding hydrogens is 749 g/mol. The lowest BCUT2D eigenvalue weighted by Crippen LogP contribution is -2.60. The second-order valence-electron chi connectivity index (χ2n) is 13.4. The van der Waals surface area contributed by atoms with Gasteiger partial charge >= 0.3 is 7.12 Å². The van der Waals surface area contributed by atoms with E-state index in [9.17, 15) is 47.5 Å². The largest absolute Gasteiger partial charge is 0.507 e. The molecule has 0 bridgehead atoms. The van der Waals surface area contributed by atoms with Gasteiger partial charge in [-0.15, -0.1) is 23.2 Å². The molecule has 17 heteroatoms. The molecule has 2 heterocycles. The Labute approximate surface area is 305 Å². The number of imide groups is 2. The van der Waals surface area contributed by atoms with Crippen molar-refractivity contribution in [3.63, 3.8) is 0 Å². The number of alkyl halides is 2. The summed E-state index contributed by atoms with van der Waals surface area (Å²) in [4.78, 5) is 52.4. The van der Waals surface area contributed by atoms with Crippen molar-refractivity contribution in [1.82, 2.24) is 0 Å². The van der Waals surface area contributed by atoms with E-state index in [0.717, 1.165) is 4.90 Å². The molecule has 9 nitrogen and oxygen atoms in total. The second-order valence-corrected chi connectivity index (χ2v) is 14.6. The van der Waals surface area contributed by atoms with E-state index >= 15 is 8.78 Å². The first-order chi connectivity index (χ1) is 25.1. The molecule has 0 aromatic heterocycles. The quantitative estimate of drug-likeness (QED) is 0.0522. The Bertz CT molecular complexity index is 2370. The van der Waals surface area contributed by atoms with Gasteiger partial charge in [0.2, 0.25) is 17.6 Å². The average molecular weight is 771 g/mol. The number of amides is 4. The van der Waals surface area contributed by atoms with Crippen molar-refractivity contribution in [2.24, 2.45) is 17.8 Å². The van der Waals surface area contributed by atoms with Crippen molar-refractivity contribution < 1.29 is 56.3 Å². The minimum Gasteiger partial charge on any atom is -0.507 e. The summed E-state index contributed by atoms with van der Waals surface area (Å²) in [7, 11) is -1.93. The van der Waals surface area contributed by atoms with E-state index in [1.807, 2.05) is 0 Å². The summed E-state index contributed by atoms with van der Waals surface area (Å²) in [6.07, 6.45) is 0.759. The molecule has 4 aromatic rings. The highest BCUT2D eigenvalue weighted by atomic mass is 35.5. The van der Waals surface area contributed by atoms with Crippen molar-refractivity contribution in [2.45, 2.75) is 28.5 Å². The molecule has 2 saturated heterocycles. The lowest BCUT2D eigenvalue weighted by molar-refractivity contribution is -0.125. The van der Waals surface area contributed by atoms with Crippen LogP contribution in [0.1, 0.15) is 24.3 Å². The van der Waals surface area contributed by atoms with Gasteiger partial charge in [-0.05, 0) is 53.4 Å². The maximum Gasteiger partial charge on any atom is 0.488 e. The van der Waals surface area contributed by atoms with Gasteiger partial charge < -0.3 is 15.2 Å². The summed E-state index contributed by atoms with van der Waals surface area (Å²) < 4.78 is 73.8. The number of allylic oxidation sites excluding steroid dienone is 2. The van der Waals surface area contributed by atoms with Gasteiger partial charge in [0, 0.05) is 11.3 Å². The third-order valence-electron chi connectivity index (χ3n) is 10.9. The molecule has 2 aliphatic carbocycles. The Morgan fingerprint density at radius 1 is 0.736 bits per heavy atom. The molecule has 53 heavy (non-hydrogen) atoms. The Morgan fingerprint density at radius 2 is 1.38 bits per heavy atom. The topological polar surface area (TPSA) is 135 Å². The molecule has 4 aliphatic rings. The monoisotopic (exact) mass is 770 g/mol. The van der Waals surface area contributed by atoms with Gasteiger partial charge in [0.15, 0.2) is 33.0 Å². The van der Waals surface area contributed by atoms with Gasteiger partial charge in [-0.2, -0.15) is 0 Å². The number of phenolic OH excluding ortho intramolecular Hbond substituents is 1. The number of hydrogen-bond acceptors (Lipinski definition) is 7. The van der Waals surface area contributed by atoms with Crippen LogP contribution in [0.2, 0.25) is 0 Å². The number of phenols is 1. The van der Waals surface area contributed by atoms with Gasteiger partial charge in [-0.3, -0.25) is 24.1 Å². The van der Waals surface area contributed by atoms with Gasteiger partial charge in [-0.25, -0.2) is 26.9 Å². The number of fused-ring (bicyclic) bond motifs is 5. The second kappa shape index (κ2) is 11.8. The lowest BCUT2D eigenvalue weighted by Gasteiger charge is -2.51. The third-order valence-corrected chi connectivity index (χ3v) is 12.3. The average Bonchev–Trinajstić information content (AvgIpc) is 3.48. The molecule has 1 saturated carbocycles. The van der Waals surface area contributed by atoms with Crippen LogP contribution in [-0.2, 0) is 19.2 Å². The fourth-order valence-corrected chi connectivity index (χ4v) is 9.48. The highest BCUT2D eigenvalue weighted by Gasteiger charge is 2.77. The molecule has 270 valence electrons. The molecule has 4 aromatic carbocycles. The predicted molar refractivity (Wildman–Crippen MR) is 181 cm³/mol. The number of benzene rings is 4. The molecule has 2 aliphatic heterocycles. The smallest absolute Gasteiger partial charge is 0.488 e. The van der Waals surface area contributed by atoms with Crippen molar-refractivity contribution >= 4 is 81.6 Å². The molecule has 3 fully saturated rings. The maximum absolute atomic E-state index is 15.3. The van der Waals surface area contributed by atoms with E-state index < -0.39 is 105 Å². The van der Waals surface area contributed by atoms with Gasteiger partial charge in [0.1, 0.15) is 11.4 Å². The molecule has 4 amide bonds. The van der Waals surface area contributed by atoms with E-state index in [1.54, 1.807) is 24.3 Å². The van der Waals surface area contributed by atoms with Crippen LogP contribution in [0.25, 0.3) is 10.8 Å². The van der Waals surface area contributed by atoms with Crippen LogP contribution in [0.15, 0.2) is 72.3 Å². The Kier molecular flexibility index (Phi) is 7.87. The van der Waals surface area contributed by atoms with Crippen LogP contribution in [0.3, 0.4) is 0 Å². The minimum absolute atomic E-state index is 0.00956. The molecule has 3 N–H and O–H groups in total. The van der Waals surface area contributed by atoms with E-state index in [1.165, 1.54) is 42.5 Å². The molecule has 0 spiro atoms. The van der Waals surface area contributed by atoms with E-state index in [0.29, 0.717) is 0 Å². The molecule has 0 radical (unpaired) electrons. The van der Waals surface area contributed by atoms with Crippen LogP contribution in [0.4, 0.5) is 33.3 Å². The number of carbonyl (C=O) groups excluding carboxylic acids is 4. The number of carbonyl (C=O) groups is 4. The Balaban J connectivity index is 1.35. The highest BCUT2D eigenvalue weighted by molar-refractivity contribution is 6.59. The number of nitrogens with zero attached hydrogens (tertiary/aromatic N) is 2. The van der Waals surface area contributed by atoms with Crippen molar-refractivity contribution in [3.05, 3.63) is 107 Å². The van der Waals surface area contributed by atoms with E-state index in [-0.39, 0.29) is 50.1 Å². The van der Waals surface area contributed by atoms with Crippen LogP contribution < -0.4 is 15.3 Å². The Hall–Kier alpha value is -4.83. The third kappa shape index (κ3) is 4.51. The summed E-state index contributed by atoms with van der Waals surface area (Å²) in [5.74, 6) is -22.3. The first kappa shape index (κ1) is 35.2. The molecular formula is C36H22BCl2F5N2O7. The number of anilines is 2. The van der Waals surface area contributed by atoms with Gasteiger partial charge in [-0.1, -0.05) is 54.1 Å². The summed E-state index contributed by atoms with van der Waals surface area (Å²) in [6, 6.07) is 14.3. The van der Waals surface area contributed by atoms with E-state index in [2.05, 4.69) is 0 Å². The summed E-state index contributed by atoms with van der Waals surface area (Å²) in [6.45, 7) is 0. The van der Waals surface area contributed by atoms with Crippen LogP contribution in [-0.4, -0.2) is 55.7 Å². The summed E-state index contributed by atoms with van der Waals surface area (Å²) in [5.41, 5.74) is -1.51. The minimum atomic E-state index is -2.74. The normalized spacial score (nSPS) is 28.0. The Morgan fingerprint density at radius 3 is 2.04 bits per heavy atom. The van der Waals surface area contributed by atoms with Gasteiger partial charge in [0.05, 0.1) is 17.5 Å². The standard InChI is InChI=1S/C36H22BCl2F5N2O7/c38-35-13-21-19(8-9-20-23(21)32(49)45(31(20)48)15-5-3-4-14(12-15)37(52)53)24(18-10-11-22(47)17-7-2-1-6-16(17)18)36(35,39)34(51)46(33(35)50)30-28(43)26(41)25(40)27(42)29(30)44/h1-8,10-12,20-21,23-24,47,52-53H,9,13H2. The van der Waals surface area contributed by atoms with Crippen LogP contribution in [0, 0.1) is 46.8 Å². The molecule has 8 rings (SSSR count). The lowest BCUT2D eigenvalue weighted by atomic mass is 9.56. The van der Waals surface area contributed by atoms with Crippen LogP contribution in [0.5, 0.6) is 5.75 Å². The zero-order valence-corrected chi connectivity index (χ0v) is 28.2. The number of rotatable bonds is 4. The summed E-state index contributed by atoms with van der Waals surface area (Å²) in [5, 5.41) is 30.7. The first-order valence-corrected chi connectivity index (χ1v) is 16.8. The highest BCUT2D eigenvalue weighted by Crippen LogP contribution is 2.66. The zero-order valence-electron chi connectivity index (χ0n) is 26.7.